The summed E-state index contributed by atoms with van der Waals surface area (Å²) >= 11 is 12.5. The lowest BCUT2D eigenvalue weighted by Crippen LogP contribution is -2.27. The molecular formula is C35H27Cl2N3O4. The summed E-state index contributed by atoms with van der Waals surface area (Å²) in [5, 5.41) is 17.3. The molecule has 0 radical (unpaired) electrons. The van der Waals surface area contributed by atoms with Gasteiger partial charge in [0.15, 0.2) is 0 Å². The van der Waals surface area contributed by atoms with Crippen molar-refractivity contribution in [2.75, 3.05) is 0 Å². The van der Waals surface area contributed by atoms with E-state index in [0.717, 1.165) is 33.2 Å². The van der Waals surface area contributed by atoms with Crippen molar-refractivity contribution in [2.45, 2.75) is 31.7 Å². The second kappa shape index (κ2) is 12.5. The minimum atomic E-state index is -1.07. The third kappa shape index (κ3) is 6.16. The standard InChI is InChI=1S/C35H27Cl2N3O4/c36-25-12-10-23(11-13-25)22-6-8-24(9-7-22)31-20-30(39-40(31)32(41)16-17-33(42)43)34-28(18-21-4-2-1-3-5-21)27-19-26(37)14-15-29(27)38-35(34)44/h1-15,19,31H,16-18,20H2,(H,38,44)(H,42,43). The first kappa shape index (κ1) is 29.4. The van der Waals surface area contributed by atoms with Crippen LogP contribution in [0.2, 0.25) is 10.0 Å². The largest absolute Gasteiger partial charge is 0.481 e. The first-order valence-corrected chi connectivity index (χ1v) is 14.9. The van der Waals surface area contributed by atoms with E-state index in [4.69, 9.17) is 28.3 Å². The van der Waals surface area contributed by atoms with Gasteiger partial charge in [0.2, 0.25) is 5.91 Å². The SMILES string of the molecule is O=C(O)CCC(=O)N1N=C(c2c(Cc3ccccc3)c3cc(Cl)ccc3[nH]c2=O)CC1c1ccc(-c2ccc(Cl)cc2)cc1. The van der Waals surface area contributed by atoms with Gasteiger partial charge >= 0.3 is 5.97 Å². The molecule has 4 aromatic carbocycles. The fraction of sp³-hybridized carbons (Fsp3) is 0.143. The molecule has 2 heterocycles. The number of halogens is 2. The van der Waals surface area contributed by atoms with Crippen LogP contribution in [0.15, 0.2) is 107 Å². The molecule has 9 heteroatoms. The molecule has 2 N–H and O–H groups in total. The van der Waals surface area contributed by atoms with Crippen molar-refractivity contribution < 1.29 is 14.7 Å². The summed E-state index contributed by atoms with van der Waals surface area (Å²) in [5.41, 5.74) is 5.71. The number of hydrogen-bond acceptors (Lipinski definition) is 4. The van der Waals surface area contributed by atoms with Crippen LogP contribution in [0.25, 0.3) is 22.0 Å². The molecule has 6 rings (SSSR count). The van der Waals surface area contributed by atoms with E-state index in [0.29, 0.717) is 33.3 Å². The van der Waals surface area contributed by atoms with Gasteiger partial charge in [0.05, 0.1) is 23.7 Å². The van der Waals surface area contributed by atoms with Crippen molar-refractivity contribution in [1.29, 1.82) is 0 Å². The zero-order valence-corrected chi connectivity index (χ0v) is 25.0. The molecule has 0 aliphatic carbocycles. The fourth-order valence-corrected chi connectivity index (χ4v) is 5.94. The minimum Gasteiger partial charge on any atom is -0.481 e. The number of carboxylic acids is 1. The summed E-state index contributed by atoms with van der Waals surface area (Å²) in [5.74, 6) is -1.50. The maximum atomic E-state index is 13.7. The van der Waals surface area contributed by atoms with Gasteiger partial charge in [0.25, 0.3) is 5.56 Å². The molecule has 0 fully saturated rings. The van der Waals surface area contributed by atoms with E-state index in [9.17, 15) is 19.5 Å². The number of rotatable bonds is 8. The fourth-order valence-electron chi connectivity index (χ4n) is 5.64. The summed E-state index contributed by atoms with van der Waals surface area (Å²) in [6.07, 6.45) is 0.183. The molecule has 5 aromatic rings. The van der Waals surface area contributed by atoms with Crippen LogP contribution in [0.4, 0.5) is 0 Å². The molecule has 220 valence electrons. The second-order valence-electron chi connectivity index (χ2n) is 10.7. The number of carbonyl (C=O) groups is 2. The van der Waals surface area contributed by atoms with Gasteiger partial charge in [-0.2, -0.15) is 5.10 Å². The Hall–Kier alpha value is -4.72. The van der Waals surface area contributed by atoms with Crippen LogP contribution >= 0.6 is 23.2 Å². The Bertz CT molecular complexity index is 1950. The lowest BCUT2D eigenvalue weighted by atomic mass is 9.91. The zero-order valence-electron chi connectivity index (χ0n) is 23.5. The number of benzene rings is 4. The summed E-state index contributed by atoms with van der Waals surface area (Å²) in [4.78, 5) is 41.4. The number of aliphatic carboxylic acids is 1. The van der Waals surface area contributed by atoms with Gasteiger partial charge in [0.1, 0.15) is 0 Å². The molecule has 0 saturated carbocycles. The second-order valence-corrected chi connectivity index (χ2v) is 11.6. The molecule has 1 aliphatic rings. The number of nitrogens with one attached hydrogen (secondary N) is 1. The van der Waals surface area contributed by atoms with Crippen LogP contribution in [0.3, 0.4) is 0 Å². The summed E-state index contributed by atoms with van der Waals surface area (Å²) < 4.78 is 0. The number of pyridine rings is 1. The van der Waals surface area contributed by atoms with Crippen LogP contribution in [-0.4, -0.2) is 32.7 Å². The van der Waals surface area contributed by atoms with Crippen LogP contribution in [0, 0.1) is 0 Å². The highest BCUT2D eigenvalue weighted by atomic mass is 35.5. The van der Waals surface area contributed by atoms with Gasteiger partial charge in [-0.3, -0.25) is 14.4 Å². The van der Waals surface area contributed by atoms with Crippen molar-refractivity contribution in [3.8, 4) is 11.1 Å². The first-order chi connectivity index (χ1) is 21.3. The number of hydrazone groups is 1. The monoisotopic (exact) mass is 623 g/mol. The van der Waals surface area contributed by atoms with E-state index in [-0.39, 0.29) is 24.8 Å². The van der Waals surface area contributed by atoms with Crippen LogP contribution < -0.4 is 5.56 Å². The number of carboxylic acid groups (broad SMARTS) is 1. The molecular weight excluding hydrogens is 597 g/mol. The molecule has 0 spiro atoms. The number of H-pyrrole nitrogens is 1. The van der Waals surface area contributed by atoms with E-state index in [1.54, 1.807) is 12.1 Å². The average Bonchev–Trinajstić information content (AvgIpc) is 3.46. The predicted molar refractivity (Wildman–Crippen MR) is 173 cm³/mol. The molecule has 0 saturated heterocycles. The Labute approximate surface area is 263 Å². The van der Waals surface area contributed by atoms with Crippen molar-refractivity contribution in [3.05, 3.63) is 140 Å². The first-order valence-electron chi connectivity index (χ1n) is 14.1. The normalized spacial score (nSPS) is 14.5. The van der Waals surface area contributed by atoms with Gasteiger partial charge in [-0.15, -0.1) is 0 Å². The number of carbonyl (C=O) groups excluding carboxylic acids is 1. The van der Waals surface area contributed by atoms with Crippen LogP contribution in [0.5, 0.6) is 0 Å². The molecule has 0 bridgehead atoms. The van der Waals surface area contributed by atoms with Crippen molar-refractivity contribution in [1.82, 2.24) is 9.99 Å². The number of fused-ring (bicyclic) bond motifs is 1. The van der Waals surface area contributed by atoms with Gasteiger partial charge in [-0.1, -0.05) is 89.9 Å². The van der Waals surface area contributed by atoms with Crippen LogP contribution in [0.1, 0.15) is 47.6 Å². The summed E-state index contributed by atoms with van der Waals surface area (Å²) in [6, 6.07) is 29.9. The number of nitrogens with zero attached hydrogens (tertiary/aromatic N) is 2. The Morgan fingerprint density at radius 3 is 2.20 bits per heavy atom. The lowest BCUT2D eigenvalue weighted by Gasteiger charge is -2.22. The van der Waals surface area contributed by atoms with Gasteiger partial charge in [-0.05, 0) is 64.6 Å². The molecule has 1 aliphatic heterocycles. The topological polar surface area (TPSA) is 103 Å². The molecule has 1 amide bonds. The van der Waals surface area contributed by atoms with Gasteiger partial charge < -0.3 is 10.1 Å². The molecule has 1 aromatic heterocycles. The highest BCUT2D eigenvalue weighted by Gasteiger charge is 2.35. The maximum Gasteiger partial charge on any atom is 0.303 e. The Balaban J connectivity index is 1.43. The lowest BCUT2D eigenvalue weighted by molar-refractivity contribution is -0.141. The minimum absolute atomic E-state index is 0.216. The molecule has 7 nitrogen and oxygen atoms in total. The predicted octanol–water partition coefficient (Wildman–Crippen LogP) is 7.64. The number of aromatic nitrogens is 1. The van der Waals surface area contributed by atoms with E-state index in [2.05, 4.69) is 4.98 Å². The summed E-state index contributed by atoms with van der Waals surface area (Å²) in [6.45, 7) is 0. The third-order valence-electron chi connectivity index (χ3n) is 7.79. The van der Waals surface area contributed by atoms with E-state index < -0.39 is 17.9 Å². The zero-order chi connectivity index (χ0) is 30.8. The quantitative estimate of drug-likeness (QED) is 0.185. The number of aromatic amines is 1. The van der Waals surface area contributed by atoms with Crippen molar-refractivity contribution in [2.24, 2.45) is 5.10 Å². The summed E-state index contributed by atoms with van der Waals surface area (Å²) in [7, 11) is 0. The molecule has 1 atom stereocenters. The van der Waals surface area contributed by atoms with Crippen molar-refractivity contribution in [3.63, 3.8) is 0 Å². The molecule has 44 heavy (non-hydrogen) atoms. The van der Waals surface area contributed by atoms with Gasteiger partial charge in [-0.25, -0.2) is 5.01 Å². The Kier molecular flexibility index (Phi) is 8.33. The highest BCUT2D eigenvalue weighted by Crippen LogP contribution is 2.36. The highest BCUT2D eigenvalue weighted by molar-refractivity contribution is 6.31. The van der Waals surface area contributed by atoms with E-state index in [1.807, 2.05) is 84.9 Å². The number of hydrogen-bond donors (Lipinski definition) is 2. The van der Waals surface area contributed by atoms with Gasteiger partial charge in [0, 0.05) is 33.8 Å². The van der Waals surface area contributed by atoms with E-state index in [1.165, 1.54) is 5.01 Å². The third-order valence-corrected chi connectivity index (χ3v) is 8.27. The molecule has 1 unspecified atom stereocenters. The Morgan fingerprint density at radius 2 is 1.52 bits per heavy atom. The Morgan fingerprint density at radius 1 is 0.864 bits per heavy atom. The van der Waals surface area contributed by atoms with Crippen LogP contribution in [-0.2, 0) is 16.0 Å². The van der Waals surface area contributed by atoms with Crippen molar-refractivity contribution >= 4 is 51.7 Å². The van der Waals surface area contributed by atoms with E-state index >= 15 is 0 Å². The maximum absolute atomic E-state index is 13.7. The average molecular weight is 625 g/mol. The number of amides is 1. The smallest absolute Gasteiger partial charge is 0.303 e.